The quantitative estimate of drug-likeness (QED) is 0.160. The molecule has 0 unspecified atom stereocenters. The number of hydrogen-bond acceptors (Lipinski definition) is 12. The van der Waals surface area contributed by atoms with E-state index in [0.29, 0.717) is 0 Å². The maximum atomic E-state index is 15.2. The van der Waals surface area contributed by atoms with E-state index in [4.69, 9.17) is 42.0 Å². The summed E-state index contributed by atoms with van der Waals surface area (Å²) in [4.78, 5) is 40.5. The van der Waals surface area contributed by atoms with Crippen LogP contribution in [0.4, 0.5) is 10.2 Å². The number of anilines is 1. The second kappa shape index (κ2) is 12.9. The van der Waals surface area contributed by atoms with E-state index < -0.39 is 79.3 Å². The molecular formula is C21H36FN6O8PS. The van der Waals surface area contributed by atoms with Gasteiger partial charge in [-0.1, -0.05) is 0 Å². The number of carbonyl (C=O) groups is 2. The van der Waals surface area contributed by atoms with Gasteiger partial charge in [-0.05, 0) is 59.4 Å². The summed E-state index contributed by atoms with van der Waals surface area (Å²) in [6, 6.07) is -0.733. The van der Waals surface area contributed by atoms with Gasteiger partial charge in [-0.15, -0.1) is 0 Å². The molecule has 0 aromatic carbocycles. The molecule has 2 rings (SSSR count). The van der Waals surface area contributed by atoms with Crippen molar-refractivity contribution in [1.29, 1.82) is 0 Å². The van der Waals surface area contributed by atoms with Crippen molar-refractivity contribution in [1.82, 2.24) is 19.7 Å². The zero-order chi connectivity index (χ0) is 29.0. The van der Waals surface area contributed by atoms with Crippen molar-refractivity contribution in [2.24, 2.45) is 5.73 Å². The molecule has 14 nitrogen and oxygen atoms in total. The van der Waals surface area contributed by atoms with Crippen LogP contribution in [0.3, 0.4) is 0 Å². The van der Waals surface area contributed by atoms with Crippen LogP contribution >= 0.6 is 6.57 Å². The van der Waals surface area contributed by atoms with Gasteiger partial charge in [0.05, 0.1) is 18.8 Å². The van der Waals surface area contributed by atoms with Crippen molar-refractivity contribution in [3.05, 3.63) is 22.7 Å². The van der Waals surface area contributed by atoms with Gasteiger partial charge in [0.15, 0.2) is 24.7 Å². The molecule has 1 fully saturated rings. The molecule has 0 radical (unpaired) electrons. The monoisotopic (exact) mass is 582 g/mol. The molecule has 216 valence electrons. The van der Waals surface area contributed by atoms with Gasteiger partial charge < -0.3 is 29.6 Å². The molecule has 0 bridgehead atoms. The summed E-state index contributed by atoms with van der Waals surface area (Å²) in [5, 5.41) is 16.0. The van der Waals surface area contributed by atoms with E-state index >= 15 is 4.39 Å². The lowest BCUT2D eigenvalue weighted by atomic mass is 10.1. The van der Waals surface area contributed by atoms with Crippen LogP contribution in [0.2, 0.25) is 0 Å². The third-order valence-electron chi connectivity index (χ3n) is 5.13. The maximum Gasteiger partial charge on any atom is 0.351 e. The number of aliphatic hydroxyl groups excluding tert-OH is 1. The summed E-state index contributed by atoms with van der Waals surface area (Å²) in [6.07, 6.45) is -5.28. The summed E-state index contributed by atoms with van der Waals surface area (Å²) in [6.45, 7) is 5.31. The predicted molar refractivity (Wildman–Crippen MR) is 139 cm³/mol. The second-order valence-electron chi connectivity index (χ2n) is 9.40. The van der Waals surface area contributed by atoms with E-state index in [1.54, 1.807) is 27.7 Å². The molecule has 7 N–H and O–H groups in total. The Balaban J connectivity index is 2.27. The largest absolute Gasteiger partial charge is 0.462 e. The molecule has 1 aromatic rings. The number of halogens is 1. The first-order valence-corrected chi connectivity index (χ1v) is 14.5. The van der Waals surface area contributed by atoms with Gasteiger partial charge >= 0.3 is 17.6 Å². The highest BCUT2D eigenvalue weighted by Crippen LogP contribution is 2.43. The van der Waals surface area contributed by atoms with E-state index in [9.17, 15) is 19.5 Å². The molecule has 0 aliphatic carbocycles. The van der Waals surface area contributed by atoms with E-state index in [1.807, 2.05) is 0 Å². The van der Waals surface area contributed by atoms with Crippen LogP contribution in [0.25, 0.3) is 0 Å². The van der Waals surface area contributed by atoms with Gasteiger partial charge in [0.1, 0.15) is 24.0 Å². The zero-order valence-electron chi connectivity index (χ0n) is 22.0. The van der Waals surface area contributed by atoms with Crippen LogP contribution in [0.1, 0.15) is 47.8 Å². The topological polar surface area (TPSA) is 202 Å². The Morgan fingerprint density at radius 1 is 1.21 bits per heavy atom. The first kappa shape index (κ1) is 32.2. The molecule has 1 aliphatic heterocycles. The van der Waals surface area contributed by atoms with Gasteiger partial charge in [0, 0.05) is 6.20 Å². The summed E-state index contributed by atoms with van der Waals surface area (Å²) < 4.78 is 37.7. The molecule has 17 heteroatoms. The first-order chi connectivity index (χ1) is 17.5. The minimum absolute atomic E-state index is 0.0778. The Bertz CT molecular complexity index is 1080. The number of nitrogen functional groups attached to an aromatic ring is 1. The van der Waals surface area contributed by atoms with E-state index in [-0.39, 0.29) is 5.82 Å². The average molecular weight is 583 g/mol. The highest BCUT2D eigenvalue weighted by atomic mass is 32.4. The number of nitrogens with one attached hydrogen (secondary N) is 2. The number of carbonyl (C=O) groups excluding carboxylic acids is 2. The molecule has 0 saturated carbocycles. The van der Waals surface area contributed by atoms with Crippen molar-refractivity contribution in [3.63, 3.8) is 0 Å². The zero-order valence-corrected chi connectivity index (χ0v) is 23.7. The van der Waals surface area contributed by atoms with Gasteiger partial charge in [0.25, 0.3) is 0 Å². The lowest BCUT2D eigenvalue weighted by Crippen LogP contribution is -2.53. The normalized spacial score (nSPS) is 25.4. The fraction of sp³-hybridized carbons (Fsp3) is 0.714. The molecule has 0 amide bonds. The number of ether oxygens (including phenoxy) is 3. The number of hydrogen-bond donors (Lipinski definition) is 5. The number of nitrogens with two attached hydrogens (primary N) is 2. The summed E-state index contributed by atoms with van der Waals surface area (Å²) in [7, 11) is 0. The highest BCUT2D eigenvalue weighted by molar-refractivity contribution is 8.10. The predicted octanol–water partition coefficient (Wildman–Crippen LogP) is -0.191. The third-order valence-corrected chi connectivity index (χ3v) is 8.03. The Labute approximate surface area is 224 Å². The molecular weight excluding hydrogens is 546 g/mol. The lowest BCUT2D eigenvalue weighted by molar-refractivity contribution is -0.149. The number of rotatable bonds is 12. The fourth-order valence-corrected chi connectivity index (χ4v) is 6.28. The van der Waals surface area contributed by atoms with Crippen LogP contribution in [0.5, 0.6) is 0 Å². The first-order valence-electron chi connectivity index (χ1n) is 11.8. The van der Waals surface area contributed by atoms with Gasteiger partial charge in [-0.3, -0.25) is 19.9 Å². The number of aromatic nitrogens is 2. The summed E-state index contributed by atoms with van der Waals surface area (Å²) in [5.74, 6) is -1.37. The fourth-order valence-electron chi connectivity index (χ4n) is 3.34. The van der Waals surface area contributed by atoms with Crippen molar-refractivity contribution in [2.75, 3.05) is 12.3 Å². The second-order valence-corrected chi connectivity index (χ2v) is 12.8. The van der Waals surface area contributed by atoms with E-state index in [0.717, 1.165) is 4.57 Å². The van der Waals surface area contributed by atoms with Crippen molar-refractivity contribution < 1.29 is 37.8 Å². The van der Waals surface area contributed by atoms with Crippen molar-refractivity contribution >= 4 is 36.1 Å². The van der Waals surface area contributed by atoms with E-state index in [1.165, 1.54) is 26.1 Å². The standard InChI is InChI=1S/C21H36FN6O8PS/c1-10(2)34-18(30)12(5)26-37(38,27-13(6)19(31)35-11(3)4)33-9-21(24)16(22)15(29)17(36-21)28-8-7-14(23)25-20(28)32/h7-8,10-13,15-17,29H,9,24H2,1-6H3,(H2,23,25,32)(H2,26,27,38)/t12-,13-,15+,16-,17+,21+/m0/s1. The minimum Gasteiger partial charge on any atom is -0.462 e. The molecule has 38 heavy (non-hydrogen) atoms. The highest BCUT2D eigenvalue weighted by Gasteiger charge is 2.55. The molecule has 1 aliphatic rings. The Kier molecular flexibility index (Phi) is 10.9. The Morgan fingerprint density at radius 2 is 1.71 bits per heavy atom. The SMILES string of the molecule is CC(C)OC(=O)[C@H](C)NP(=S)(N[C@@H](C)C(=O)OC(C)C)OC[C@@]1(N)O[C@@H](n2ccc(N)nc2=O)[C@H](O)[C@@H]1F. The summed E-state index contributed by atoms with van der Waals surface area (Å²) >= 11 is 5.61. The van der Waals surface area contributed by atoms with Crippen LogP contribution < -0.4 is 27.3 Å². The third kappa shape index (κ3) is 8.23. The number of nitrogens with zero attached hydrogens (tertiary/aromatic N) is 2. The van der Waals surface area contributed by atoms with E-state index in [2.05, 4.69) is 15.2 Å². The van der Waals surface area contributed by atoms with Gasteiger partial charge in [0.2, 0.25) is 0 Å². The minimum atomic E-state index is -3.55. The average Bonchev–Trinajstić information content (AvgIpc) is 3.01. The Morgan fingerprint density at radius 3 is 2.16 bits per heavy atom. The Hall–Kier alpha value is -2.04. The van der Waals surface area contributed by atoms with Crippen LogP contribution in [0, 0.1) is 0 Å². The van der Waals surface area contributed by atoms with Gasteiger partial charge in [-0.25, -0.2) is 19.4 Å². The molecule has 1 saturated heterocycles. The molecule has 6 atom stereocenters. The van der Waals surface area contributed by atoms with Crippen molar-refractivity contribution in [3.8, 4) is 0 Å². The summed E-state index contributed by atoms with van der Waals surface area (Å²) in [5.41, 5.74) is 8.42. The number of esters is 2. The van der Waals surface area contributed by atoms with Crippen LogP contribution in [-0.4, -0.2) is 75.5 Å². The number of alkyl halides is 1. The van der Waals surface area contributed by atoms with Crippen LogP contribution in [0.15, 0.2) is 17.1 Å². The maximum absolute atomic E-state index is 15.2. The van der Waals surface area contributed by atoms with Crippen LogP contribution in [-0.2, 0) is 40.1 Å². The molecule has 1 aromatic heterocycles. The lowest BCUT2D eigenvalue weighted by Gasteiger charge is -2.33. The van der Waals surface area contributed by atoms with Crippen molar-refractivity contribution in [2.45, 2.75) is 90.1 Å². The smallest absolute Gasteiger partial charge is 0.351 e. The number of aliphatic hydroxyl groups is 1. The molecule has 0 spiro atoms. The van der Waals surface area contributed by atoms with Gasteiger partial charge in [-0.2, -0.15) is 4.98 Å². The molecule has 2 heterocycles.